The van der Waals surface area contributed by atoms with Gasteiger partial charge in [0, 0.05) is 24.4 Å². The number of nitrogens with two attached hydrogens (primary N) is 1. The lowest BCUT2D eigenvalue weighted by Crippen LogP contribution is -2.08. The van der Waals surface area contributed by atoms with Gasteiger partial charge in [-0.05, 0) is 54.9 Å². The number of benzene rings is 2. The Labute approximate surface area is 129 Å². The second-order valence-corrected chi connectivity index (χ2v) is 4.81. The van der Waals surface area contributed by atoms with Gasteiger partial charge >= 0.3 is 0 Å². The predicted molar refractivity (Wildman–Crippen MR) is 86.0 cm³/mol. The molecule has 0 aliphatic carbocycles. The lowest BCUT2D eigenvalue weighted by Gasteiger charge is -2.08. The van der Waals surface area contributed by atoms with Gasteiger partial charge in [0.15, 0.2) is 0 Å². The highest BCUT2D eigenvalue weighted by Gasteiger charge is 2.04. The molecule has 0 saturated heterocycles. The van der Waals surface area contributed by atoms with Gasteiger partial charge in [-0.15, -0.1) is 0 Å². The van der Waals surface area contributed by atoms with Crippen LogP contribution in [-0.2, 0) is 6.61 Å². The Bertz CT molecular complexity index is 597. The molecule has 2 rings (SSSR count). The number of nitrogens with zero attached hydrogens (tertiary/aromatic N) is 1. The largest absolute Gasteiger partial charge is 0.489 e. The maximum atomic E-state index is 10.6. The molecule has 6 heteroatoms. The van der Waals surface area contributed by atoms with Crippen molar-refractivity contribution < 1.29 is 9.66 Å². The highest BCUT2D eigenvalue weighted by molar-refractivity contribution is 5.46. The average Bonchev–Trinajstić information content (AvgIpc) is 2.55. The first-order chi connectivity index (χ1) is 10.7. The number of nitrogens with one attached hydrogen (secondary N) is 1. The van der Waals surface area contributed by atoms with Crippen molar-refractivity contribution in [3.05, 3.63) is 64.2 Å². The summed E-state index contributed by atoms with van der Waals surface area (Å²) in [5.41, 5.74) is 7.43. The van der Waals surface area contributed by atoms with Crippen LogP contribution >= 0.6 is 0 Å². The van der Waals surface area contributed by atoms with Crippen LogP contribution in [0.15, 0.2) is 48.5 Å². The molecule has 0 heterocycles. The Kier molecular flexibility index (Phi) is 5.73. The van der Waals surface area contributed by atoms with E-state index in [1.165, 1.54) is 12.1 Å². The maximum Gasteiger partial charge on any atom is 0.269 e. The third kappa shape index (κ3) is 4.75. The van der Waals surface area contributed by atoms with Crippen molar-refractivity contribution in [2.45, 2.75) is 13.0 Å². The molecule has 0 aliphatic rings. The van der Waals surface area contributed by atoms with Crippen LogP contribution in [0.5, 0.6) is 5.75 Å². The van der Waals surface area contributed by atoms with Gasteiger partial charge in [0.2, 0.25) is 0 Å². The summed E-state index contributed by atoms with van der Waals surface area (Å²) in [4.78, 5) is 10.2. The summed E-state index contributed by atoms with van der Waals surface area (Å²) >= 11 is 0. The summed E-state index contributed by atoms with van der Waals surface area (Å²) in [6.45, 7) is 1.89. The second-order valence-electron chi connectivity index (χ2n) is 4.81. The number of hydrogen-bond donors (Lipinski definition) is 2. The Morgan fingerprint density at radius 3 is 2.36 bits per heavy atom. The standard InChI is InChI=1S/C16H19N3O3/c17-10-1-11-18-14-4-8-16(9-5-14)22-12-13-2-6-15(7-3-13)19(20)21/h2-9,18H,1,10-12,17H2. The van der Waals surface area contributed by atoms with E-state index in [4.69, 9.17) is 10.5 Å². The topological polar surface area (TPSA) is 90.4 Å². The Hall–Kier alpha value is -2.60. The highest BCUT2D eigenvalue weighted by Crippen LogP contribution is 2.18. The van der Waals surface area contributed by atoms with Crippen molar-refractivity contribution in [1.29, 1.82) is 0 Å². The second kappa shape index (κ2) is 7.99. The monoisotopic (exact) mass is 301 g/mol. The predicted octanol–water partition coefficient (Wildman–Crippen LogP) is 2.93. The maximum absolute atomic E-state index is 10.6. The molecule has 0 unspecified atom stereocenters. The number of nitro benzene ring substituents is 1. The zero-order valence-corrected chi connectivity index (χ0v) is 12.2. The normalized spacial score (nSPS) is 10.2. The lowest BCUT2D eigenvalue weighted by molar-refractivity contribution is -0.384. The number of nitro groups is 1. The quantitative estimate of drug-likeness (QED) is 0.444. The van der Waals surface area contributed by atoms with Crippen LogP contribution in [0, 0.1) is 10.1 Å². The van der Waals surface area contributed by atoms with Crippen molar-refractivity contribution in [2.75, 3.05) is 18.4 Å². The molecule has 3 N–H and O–H groups in total. The van der Waals surface area contributed by atoms with E-state index in [-0.39, 0.29) is 5.69 Å². The van der Waals surface area contributed by atoms with Crippen LogP contribution in [-0.4, -0.2) is 18.0 Å². The summed E-state index contributed by atoms with van der Waals surface area (Å²) in [6.07, 6.45) is 0.929. The fourth-order valence-electron chi connectivity index (χ4n) is 1.88. The van der Waals surface area contributed by atoms with Crippen molar-refractivity contribution in [2.24, 2.45) is 5.73 Å². The van der Waals surface area contributed by atoms with Crippen LogP contribution in [0.3, 0.4) is 0 Å². The van der Waals surface area contributed by atoms with Crippen LogP contribution < -0.4 is 15.8 Å². The van der Waals surface area contributed by atoms with Gasteiger partial charge in [-0.1, -0.05) is 0 Å². The number of hydrogen-bond acceptors (Lipinski definition) is 5. The number of ether oxygens (including phenoxy) is 1. The third-order valence-corrected chi connectivity index (χ3v) is 3.12. The van der Waals surface area contributed by atoms with Crippen LogP contribution in [0.4, 0.5) is 11.4 Å². The summed E-state index contributed by atoms with van der Waals surface area (Å²) in [6, 6.07) is 14.0. The molecule has 0 radical (unpaired) electrons. The summed E-state index contributed by atoms with van der Waals surface area (Å²) in [7, 11) is 0. The Morgan fingerprint density at radius 1 is 1.09 bits per heavy atom. The van der Waals surface area contributed by atoms with Gasteiger partial charge in [-0.2, -0.15) is 0 Å². The minimum atomic E-state index is -0.416. The van der Waals surface area contributed by atoms with E-state index >= 15 is 0 Å². The molecule has 0 bridgehead atoms. The van der Waals surface area contributed by atoms with Crippen molar-refractivity contribution >= 4 is 11.4 Å². The van der Waals surface area contributed by atoms with Gasteiger partial charge < -0.3 is 15.8 Å². The minimum Gasteiger partial charge on any atom is -0.489 e. The van der Waals surface area contributed by atoms with Crippen LogP contribution in [0.2, 0.25) is 0 Å². The van der Waals surface area contributed by atoms with E-state index in [9.17, 15) is 10.1 Å². The van der Waals surface area contributed by atoms with Gasteiger partial charge in [0.25, 0.3) is 5.69 Å². The Morgan fingerprint density at radius 2 is 1.77 bits per heavy atom. The fourth-order valence-corrected chi connectivity index (χ4v) is 1.88. The minimum absolute atomic E-state index is 0.0802. The fraction of sp³-hybridized carbons (Fsp3) is 0.250. The van der Waals surface area contributed by atoms with Crippen molar-refractivity contribution in [1.82, 2.24) is 0 Å². The molecule has 0 amide bonds. The van der Waals surface area contributed by atoms with E-state index in [2.05, 4.69) is 5.32 Å². The molecule has 0 aliphatic heterocycles. The average molecular weight is 301 g/mol. The van der Waals surface area contributed by atoms with E-state index in [1.54, 1.807) is 12.1 Å². The molecule has 0 spiro atoms. The van der Waals surface area contributed by atoms with Gasteiger partial charge in [-0.25, -0.2) is 0 Å². The van der Waals surface area contributed by atoms with Crippen LogP contribution in [0.25, 0.3) is 0 Å². The molecule has 0 aromatic heterocycles. The lowest BCUT2D eigenvalue weighted by atomic mass is 10.2. The van der Waals surface area contributed by atoms with E-state index in [1.807, 2.05) is 24.3 Å². The van der Waals surface area contributed by atoms with E-state index in [0.29, 0.717) is 13.2 Å². The molecule has 0 fully saturated rings. The van der Waals surface area contributed by atoms with E-state index < -0.39 is 4.92 Å². The number of anilines is 1. The van der Waals surface area contributed by atoms with Gasteiger partial charge in [0.05, 0.1) is 4.92 Å². The zero-order valence-electron chi connectivity index (χ0n) is 12.2. The molecular formula is C16H19N3O3. The summed E-state index contributed by atoms with van der Waals surface area (Å²) < 4.78 is 5.66. The Balaban J connectivity index is 1.84. The number of rotatable bonds is 8. The smallest absolute Gasteiger partial charge is 0.269 e. The summed E-state index contributed by atoms with van der Waals surface area (Å²) in [5.74, 6) is 0.753. The van der Waals surface area contributed by atoms with Crippen molar-refractivity contribution in [3.63, 3.8) is 0 Å². The molecule has 0 atom stereocenters. The molecule has 2 aromatic carbocycles. The SMILES string of the molecule is NCCCNc1ccc(OCc2ccc([N+](=O)[O-])cc2)cc1. The van der Waals surface area contributed by atoms with Crippen LogP contribution in [0.1, 0.15) is 12.0 Å². The molecule has 6 nitrogen and oxygen atoms in total. The van der Waals surface area contributed by atoms with E-state index in [0.717, 1.165) is 30.0 Å². The zero-order chi connectivity index (χ0) is 15.8. The first-order valence-corrected chi connectivity index (χ1v) is 7.09. The molecule has 2 aromatic rings. The highest BCUT2D eigenvalue weighted by atomic mass is 16.6. The third-order valence-electron chi connectivity index (χ3n) is 3.12. The molecular weight excluding hydrogens is 282 g/mol. The molecule has 22 heavy (non-hydrogen) atoms. The number of non-ortho nitro benzene ring substituents is 1. The molecule has 116 valence electrons. The summed E-state index contributed by atoms with van der Waals surface area (Å²) in [5, 5.41) is 13.8. The van der Waals surface area contributed by atoms with Gasteiger partial charge in [0.1, 0.15) is 12.4 Å². The van der Waals surface area contributed by atoms with Gasteiger partial charge in [-0.3, -0.25) is 10.1 Å². The first kappa shape index (κ1) is 15.8. The van der Waals surface area contributed by atoms with Crippen molar-refractivity contribution in [3.8, 4) is 5.75 Å². The first-order valence-electron chi connectivity index (χ1n) is 7.09. The molecule has 0 saturated carbocycles.